The van der Waals surface area contributed by atoms with Crippen LogP contribution in [0.5, 0.6) is 0 Å². The fourth-order valence-electron chi connectivity index (χ4n) is 5.33. The van der Waals surface area contributed by atoms with Gasteiger partial charge in [0.05, 0.1) is 24.8 Å². The fourth-order valence-corrected chi connectivity index (χ4v) is 5.33. The molecule has 35 heavy (non-hydrogen) atoms. The Morgan fingerprint density at radius 1 is 1.09 bits per heavy atom. The van der Waals surface area contributed by atoms with Crippen LogP contribution in [0.1, 0.15) is 42.9 Å². The molecular weight excluding hydrogens is 434 g/mol. The molecule has 1 aliphatic heterocycles. The summed E-state index contributed by atoms with van der Waals surface area (Å²) in [5.41, 5.74) is 6.94. The average Bonchev–Trinajstić information content (AvgIpc) is 3.79. The van der Waals surface area contributed by atoms with Crippen molar-refractivity contribution in [2.45, 2.75) is 50.7 Å². The Kier molecular flexibility index (Phi) is 5.77. The predicted octanol–water partition coefficient (Wildman–Crippen LogP) is 4.73. The molecule has 0 spiro atoms. The monoisotopic (exact) mass is 467 g/mol. The number of benzene rings is 1. The molecule has 0 N–H and O–H groups in total. The largest absolute Gasteiger partial charge is 0.328 e. The summed E-state index contributed by atoms with van der Waals surface area (Å²) in [4.78, 5) is 21.8. The summed E-state index contributed by atoms with van der Waals surface area (Å²) in [6.07, 6.45) is 12.4. The van der Waals surface area contributed by atoms with Crippen LogP contribution in [-0.4, -0.2) is 57.2 Å². The van der Waals surface area contributed by atoms with Gasteiger partial charge in [-0.25, -0.2) is 0 Å². The van der Waals surface area contributed by atoms with E-state index in [1.807, 2.05) is 32.6 Å². The zero-order valence-corrected chi connectivity index (χ0v) is 20.6. The predicted molar refractivity (Wildman–Crippen MR) is 138 cm³/mol. The van der Waals surface area contributed by atoms with E-state index in [2.05, 4.69) is 55.9 Å². The van der Waals surface area contributed by atoms with Gasteiger partial charge in [0.2, 0.25) is 5.91 Å². The number of hydrogen-bond donors (Lipinski definition) is 0. The SMILES string of the molecule is CN(C)C/C=C/C(=O)N1Cc2c(-c3ccncc3)c(-c3cccc(C4CC4)c3)nn2C[C@H]1C1CC1. The number of amides is 1. The Balaban J connectivity index is 1.42. The number of likely N-dealkylation sites (N-methyl/N-ethyl adjacent to an activating group) is 1. The van der Waals surface area contributed by atoms with Gasteiger partial charge in [-0.2, -0.15) is 5.10 Å². The zero-order chi connectivity index (χ0) is 23.9. The Morgan fingerprint density at radius 2 is 1.89 bits per heavy atom. The van der Waals surface area contributed by atoms with E-state index in [9.17, 15) is 4.79 Å². The number of rotatable bonds is 7. The van der Waals surface area contributed by atoms with Crippen LogP contribution in [0.4, 0.5) is 0 Å². The summed E-state index contributed by atoms with van der Waals surface area (Å²) in [7, 11) is 4.03. The van der Waals surface area contributed by atoms with Crippen LogP contribution in [0.15, 0.2) is 60.9 Å². The van der Waals surface area contributed by atoms with E-state index in [0.717, 1.165) is 41.2 Å². The topological polar surface area (TPSA) is 54.3 Å². The van der Waals surface area contributed by atoms with E-state index in [0.29, 0.717) is 18.4 Å². The lowest BCUT2D eigenvalue weighted by Crippen LogP contribution is -2.47. The van der Waals surface area contributed by atoms with Crippen molar-refractivity contribution >= 4 is 5.91 Å². The molecule has 2 aromatic heterocycles. The highest BCUT2D eigenvalue weighted by Gasteiger charge is 2.41. The smallest absolute Gasteiger partial charge is 0.246 e. The van der Waals surface area contributed by atoms with Crippen LogP contribution in [0.25, 0.3) is 22.4 Å². The molecule has 2 fully saturated rings. The molecule has 1 amide bonds. The van der Waals surface area contributed by atoms with Crippen LogP contribution in [0.3, 0.4) is 0 Å². The van der Waals surface area contributed by atoms with E-state index < -0.39 is 0 Å². The number of hydrogen-bond acceptors (Lipinski definition) is 4. The van der Waals surface area contributed by atoms with Crippen LogP contribution < -0.4 is 0 Å². The minimum atomic E-state index is 0.106. The van der Waals surface area contributed by atoms with Crippen molar-refractivity contribution in [3.05, 3.63) is 72.2 Å². The number of carbonyl (C=O) groups excluding carboxylic acids is 1. The molecule has 0 unspecified atom stereocenters. The molecule has 0 saturated heterocycles. The summed E-state index contributed by atoms with van der Waals surface area (Å²) in [6.45, 7) is 2.10. The molecule has 2 saturated carbocycles. The Bertz CT molecular complexity index is 1250. The Hall–Kier alpha value is -3.25. The summed E-state index contributed by atoms with van der Waals surface area (Å²) >= 11 is 0. The number of aromatic nitrogens is 3. The van der Waals surface area contributed by atoms with E-state index >= 15 is 0 Å². The van der Waals surface area contributed by atoms with Gasteiger partial charge in [0.25, 0.3) is 0 Å². The first-order chi connectivity index (χ1) is 17.1. The molecule has 2 aliphatic carbocycles. The van der Waals surface area contributed by atoms with Crippen LogP contribution in [-0.2, 0) is 17.9 Å². The molecule has 6 rings (SSSR count). The first-order valence-corrected chi connectivity index (χ1v) is 12.8. The highest BCUT2D eigenvalue weighted by atomic mass is 16.2. The molecule has 3 aromatic rings. The van der Waals surface area contributed by atoms with Crippen molar-refractivity contribution in [3.8, 4) is 22.4 Å². The molecule has 6 heteroatoms. The van der Waals surface area contributed by atoms with Crippen molar-refractivity contribution < 1.29 is 4.79 Å². The maximum absolute atomic E-state index is 13.4. The van der Waals surface area contributed by atoms with Crippen LogP contribution >= 0.6 is 0 Å². The number of fused-ring (bicyclic) bond motifs is 1. The molecular formula is C29H33N5O. The molecule has 180 valence electrons. The Labute approximate surface area is 207 Å². The van der Waals surface area contributed by atoms with Gasteiger partial charge in [-0.1, -0.05) is 24.3 Å². The Morgan fingerprint density at radius 3 is 2.60 bits per heavy atom. The van der Waals surface area contributed by atoms with Gasteiger partial charge in [0, 0.05) is 36.1 Å². The second-order valence-corrected chi connectivity index (χ2v) is 10.5. The number of pyridine rings is 1. The first-order valence-electron chi connectivity index (χ1n) is 12.8. The minimum Gasteiger partial charge on any atom is -0.328 e. The quantitative estimate of drug-likeness (QED) is 0.472. The van der Waals surface area contributed by atoms with E-state index in [4.69, 9.17) is 5.10 Å². The van der Waals surface area contributed by atoms with Gasteiger partial charge in [-0.3, -0.25) is 14.5 Å². The lowest BCUT2D eigenvalue weighted by molar-refractivity contribution is -0.130. The van der Waals surface area contributed by atoms with Crippen molar-refractivity contribution in [2.75, 3.05) is 20.6 Å². The van der Waals surface area contributed by atoms with Crippen molar-refractivity contribution in [2.24, 2.45) is 5.92 Å². The molecule has 1 aromatic carbocycles. The van der Waals surface area contributed by atoms with Crippen molar-refractivity contribution in [1.82, 2.24) is 24.6 Å². The van der Waals surface area contributed by atoms with Crippen molar-refractivity contribution in [3.63, 3.8) is 0 Å². The minimum absolute atomic E-state index is 0.106. The second-order valence-electron chi connectivity index (χ2n) is 10.5. The molecule has 3 heterocycles. The molecule has 0 radical (unpaired) electrons. The molecule has 0 bridgehead atoms. The zero-order valence-electron chi connectivity index (χ0n) is 20.6. The second kappa shape index (κ2) is 9.08. The van der Waals surface area contributed by atoms with Crippen LogP contribution in [0, 0.1) is 5.92 Å². The third-order valence-electron chi connectivity index (χ3n) is 7.50. The maximum Gasteiger partial charge on any atom is 0.246 e. The van der Waals surface area contributed by atoms with Gasteiger partial charge in [0.1, 0.15) is 5.69 Å². The van der Waals surface area contributed by atoms with Gasteiger partial charge in [-0.15, -0.1) is 0 Å². The summed E-state index contributed by atoms with van der Waals surface area (Å²) in [6, 6.07) is 13.2. The summed E-state index contributed by atoms with van der Waals surface area (Å²) in [5, 5.41) is 5.19. The summed E-state index contributed by atoms with van der Waals surface area (Å²) in [5.74, 6) is 1.37. The third kappa shape index (κ3) is 4.55. The van der Waals surface area contributed by atoms with Gasteiger partial charge >= 0.3 is 0 Å². The van der Waals surface area contributed by atoms with Crippen molar-refractivity contribution in [1.29, 1.82) is 0 Å². The lowest BCUT2D eigenvalue weighted by Gasteiger charge is -2.36. The van der Waals surface area contributed by atoms with Crippen LogP contribution in [0.2, 0.25) is 0 Å². The molecule has 1 atom stereocenters. The highest BCUT2D eigenvalue weighted by molar-refractivity contribution is 5.89. The van der Waals surface area contributed by atoms with Gasteiger partial charge < -0.3 is 9.80 Å². The fraction of sp³-hybridized carbons (Fsp3) is 0.414. The standard InChI is InChI=1S/C29H33N5O/c1-32(2)16-4-7-27(35)33-18-26-28(22-12-14-30-15-13-22)29(31-34(26)19-25(33)21-10-11-21)24-6-3-5-23(17-24)20-8-9-20/h3-7,12-15,17,20-21,25H,8-11,16,18-19H2,1-2H3/b7-4+/t25-/m0/s1. The highest BCUT2D eigenvalue weighted by Crippen LogP contribution is 2.44. The van der Waals surface area contributed by atoms with E-state index in [-0.39, 0.29) is 11.9 Å². The van der Waals surface area contributed by atoms with E-state index in [1.54, 1.807) is 6.08 Å². The maximum atomic E-state index is 13.4. The number of carbonyl (C=O) groups is 1. The number of nitrogens with zero attached hydrogens (tertiary/aromatic N) is 5. The third-order valence-corrected chi connectivity index (χ3v) is 7.50. The summed E-state index contributed by atoms with van der Waals surface area (Å²) < 4.78 is 2.19. The normalized spacial score (nSPS) is 20.0. The average molecular weight is 468 g/mol. The lowest BCUT2D eigenvalue weighted by atomic mass is 9.96. The van der Waals surface area contributed by atoms with Gasteiger partial charge in [0.15, 0.2) is 0 Å². The van der Waals surface area contributed by atoms with E-state index in [1.165, 1.54) is 31.2 Å². The molecule has 6 nitrogen and oxygen atoms in total. The molecule has 3 aliphatic rings. The first kappa shape index (κ1) is 22.2. The van der Waals surface area contributed by atoms with Gasteiger partial charge in [-0.05, 0) is 80.9 Å².